The van der Waals surface area contributed by atoms with Crippen LogP contribution in [0.3, 0.4) is 0 Å². The maximum absolute atomic E-state index is 12.7. The normalized spacial score (nSPS) is 11.2. The van der Waals surface area contributed by atoms with Crippen molar-refractivity contribution in [2.24, 2.45) is 0 Å². The minimum atomic E-state index is -0.543. The van der Waals surface area contributed by atoms with Gasteiger partial charge in [-0.1, -0.05) is 89.9 Å². The van der Waals surface area contributed by atoms with E-state index in [1.54, 1.807) is 24.4 Å². The zero-order valence-electron chi connectivity index (χ0n) is 18.5. The minimum Gasteiger partial charge on any atom is -0.437 e. The second-order valence-corrected chi connectivity index (χ2v) is 8.83. The lowest BCUT2D eigenvalue weighted by Gasteiger charge is -2.09. The van der Waals surface area contributed by atoms with Gasteiger partial charge in [0.25, 0.3) is 0 Å². The number of benzene rings is 3. The van der Waals surface area contributed by atoms with Gasteiger partial charge < -0.3 is 9.73 Å². The summed E-state index contributed by atoms with van der Waals surface area (Å²) in [5, 5.41) is 14.9. The number of halogens is 2. The Balaban J connectivity index is 1.46. The average molecular weight is 514 g/mol. The number of amides is 2. The summed E-state index contributed by atoms with van der Waals surface area (Å²) in [6, 6.07) is 24.2. The van der Waals surface area contributed by atoms with Crippen LogP contribution in [0.15, 0.2) is 89.5 Å². The van der Waals surface area contributed by atoms with Crippen LogP contribution in [0.2, 0.25) is 10.0 Å². The number of fused-ring (bicyclic) bond motifs is 3. The molecule has 7 nitrogen and oxygen atoms in total. The third kappa shape index (κ3) is 3.84. The molecule has 0 spiro atoms. The standard InChI is InChI=1S/C27H17Cl2N5O2/c28-18-12-7-13-19(29)23(18)31-27(35)32-25-17-14-30-26-21(22(17)33-34-25)20(15-8-3-1-4-9-15)24(36-26)16-10-5-2-6-11-16/h1-14H,(H3,31,32,33,34,35). The molecule has 3 N–H and O–H groups in total. The zero-order chi connectivity index (χ0) is 24.6. The number of carbonyl (C=O) groups is 1. The van der Waals surface area contributed by atoms with Crippen LogP contribution in [0.5, 0.6) is 0 Å². The summed E-state index contributed by atoms with van der Waals surface area (Å²) >= 11 is 12.4. The van der Waals surface area contributed by atoms with Crippen LogP contribution in [0.25, 0.3) is 44.5 Å². The molecular formula is C27H17Cl2N5O2. The highest BCUT2D eigenvalue weighted by molar-refractivity contribution is 6.39. The van der Waals surface area contributed by atoms with Crippen molar-refractivity contribution in [1.82, 2.24) is 15.2 Å². The van der Waals surface area contributed by atoms with Gasteiger partial charge in [0.1, 0.15) is 5.76 Å². The van der Waals surface area contributed by atoms with Gasteiger partial charge in [0, 0.05) is 17.3 Å². The summed E-state index contributed by atoms with van der Waals surface area (Å²) in [6.07, 6.45) is 1.62. The van der Waals surface area contributed by atoms with Crippen molar-refractivity contribution in [2.75, 3.05) is 10.6 Å². The Bertz CT molecular complexity index is 1710. The molecule has 6 rings (SSSR count). The van der Waals surface area contributed by atoms with Crippen LogP contribution < -0.4 is 10.6 Å². The molecule has 0 aliphatic carbocycles. The van der Waals surface area contributed by atoms with Crippen LogP contribution in [-0.4, -0.2) is 21.2 Å². The van der Waals surface area contributed by atoms with Gasteiger partial charge in [-0.2, -0.15) is 5.10 Å². The fourth-order valence-corrected chi connectivity index (χ4v) is 4.66. The Morgan fingerprint density at radius 2 is 1.50 bits per heavy atom. The third-order valence-electron chi connectivity index (χ3n) is 5.79. The lowest BCUT2D eigenvalue weighted by molar-refractivity contribution is 0.262. The van der Waals surface area contributed by atoms with Gasteiger partial charge in [0.2, 0.25) is 5.71 Å². The molecule has 6 aromatic rings. The Kier molecular flexibility index (Phi) is 5.56. The quantitative estimate of drug-likeness (QED) is 0.222. The Morgan fingerprint density at radius 3 is 2.19 bits per heavy atom. The highest BCUT2D eigenvalue weighted by Crippen LogP contribution is 2.43. The molecule has 3 aromatic heterocycles. The molecule has 9 heteroatoms. The number of nitrogens with zero attached hydrogens (tertiary/aromatic N) is 2. The number of urea groups is 1. The predicted octanol–water partition coefficient (Wildman–Crippen LogP) is 7.99. The van der Waals surface area contributed by atoms with Gasteiger partial charge in [0.05, 0.1) is 32.0 Å². The Hall–Kier alpha value is -4.33. The van der Waals surface area contributed by atoms with E-state index >= 15 is 0 Å². The number of pyridine rings is 1. The number of hydrogen-bond donors (Lipinski definition) is 3. The minimum absolute atomic E-state index is 0.307. The number of para-hydroxylation sites is 1. The van der Waals surface area contributed by atoms with E-state index in [4.69, 9.17) is 27.6 Å². The Labute approximate surface area is 215 Å². The van der Waals surface area contributed by atoms with Crippen molar-refractivity contribution in [3.63, 3.8) is 0 Å². The van der Waals surface area contributed by atoms with Crippen molar-refractivity contribution in [3.8, 4) is 22.5 Å². The van der Waals surface area contributed by atoms with Crippen LogP contribution in [0.4, 0.5) is 16.3 Å². The van der Waals surface area contributed by atoms with Gasteiger partial charge in [-0.05, 0) is 17.7 Å². The molecule has 0 saturated carbocycles. The van der Waals surface area contributed by atoms with E-state index in [2.05, 4.69) is 25.8 Å². The highest BCUT2D eigenvalue weighted by Gasteiger charge is 2.23. The first-order valence-corrected chi connectivity index (χ1v) is 11.8. The second kappa shape index (κ2) is 9.03. The van der Waals surface area contributed by atoms with Crippen molar-refractivity contribution in [3.05, 3.63) is 95.1 Å². The number of H-pyrrole nitrogens is 1. The molecule has 0 saturated heterocycles. The topological polar surface area (TPSA) is 95.8 Å². The largest absolute Gasteiger partial charge is 0.437 e. The maximum atomic E-state index is 12.7. The van der Waals surface area contributed by atoms with Gasteiger partial charge in [-0.3, -0.25) is 10.4 Å². The summed E-state index contributed by atoms with van der Waals surface area (Å²) in [6.45, 7) is 0. The van der Waals surface area contributed by atoms with E-state index in [1.807, 2.05) is 60.7 Å². The smallest absolute Gasteiger partial charge is 0.325 e. The van der Waals surface area contributed by atoms with Crippen molar-refractivity contribution >= 4 is 62.7 Å². The number of aromatic nitrogens is 3. The number of rotatable bonds is 4. The van der Waals surface area contributed by atoms with Crippen LogP contribution in [0.1, 0.15) is 0 Å². The van der Waals surface area contributed by atoms with E-state index in [0.29, 0.717) is 43.9 Å². The third-order valence-corrected chi connectivity index (χ3v) is 6.42. The predicted molar refractivity (Wildman–Crippen MR) is 144 cm³/mol. The number of nitrogens with one attached hydrogen (secondary N) is 3. The molecule has 0 fully saturated rings. The summed E-state index contributed by atoms with van der Waals surface area (Å²) in [5.41, 5.74) is 4.25. The first-order chi connectivity index (χ1) is 17.6. The van der Waals surface area contributed by atoms with Crippen LogP contribution >= 0.6 is 23.2 Å². The average Bonchev–Trinajstić information content (AvgIpc) is 3.49. The molecule has 0 bridgehead atoms. The molecule has 176 valence electrons. The summed E-state index contributed by atoms with van der Waals surface area (Å²) in [4.78, 5) is 17.3. The van der Waals surface area contributed by atoms with Crippen molar-refractivity contribution in [2.45, 2.75) is 0 Å². The first-order valence-electron chi connectivity index (χ1n) is 11.0. The number of carbonyl (C=O) groups excluding carboxylic acids is 1. The van der Waals surface area contributed by atoms with Gasteiger partial charge in [0.15, 0.2) is 5.82 Å². The van der Waals surface area contributed by atoms with Crippen molar-refractivity contribution < 1.29 is 9.21 Å². The Morgan fingerprint density at radius 1 is 0.833 bits per heavy atom. The summed E-state index contributed by atoms with van der Waals surface area (Å²) in [7, 11) is 0. The molecule has 2 amide bonds. The van der Waals surface area contributed by atoms with E-state index in [1.165, 1.54) is 0 Å². The molecule has 0 unspecified atom stereocenters. The molecule has 0 aliphatic heterocycles. The lowest BCUT2D eigenvalue weighted by Crippen LogP contribution is -2.20. The van der Waals surface area contributed by atoms with E-state index in [9.17, 15) is 4.79 Å². The fraction of sp³-hybridized carbons (Fsp3) is 0. The SMILES string of the molecule is O=C(Nc1c(Cl)cccc1Cl)Nc1n[nH]c2c1cnc1oc(-c3ccccc3)c(-c3ccccc3)c12. The molecule has 0 aliphatic rings. The first kappa shape index (κ1) is 22.2. The van der Waals surface area contributed by atoms with Crippen molar-refractivity contribution in [1.29, 1.82) is 0 Å². The fourth-order valence-electron chi connectivity index (χ4n) is 4.17. The van der Waals surface area contributed by atoms with Gasteiger partial charge >= 0.3 is 6.03 Å². The molecular weight excluding hydrogens is 497 g/mol. The van der Waals surface area contributed by atoms with E-state index in [-0.39, 0.29) is 0 Å². The van der Waals surface area contributed by atoms with Crippen LogP contribution in [-0.2, 0) is 0 Å². The maximum Gasteiger partial charge on any atom is 0.325 e. The molecule has 0 atom stereocenters. The lowest BCUT2D eigenvalue weighted by atomic mass is 9.98. The number of aromatic amines is 1. The van der Waals surface area contributed by atoms with Crippen LogP contribution in [0, 0.1) is 0 Å². The molecule has 3 heterocycles. The monoisotopic (exact) mass is 513 g/mol. The summed E-state index contributed by atoms with van der Waals surface area (Å²) in [5.74, 6) is 1.01. The number of anilines is 2. The second-order valence-electron chi connectivity index (χ2n) is 8.01. The van der Waals surface area contributed by atoms with Gasteiger partial charge in [-0.25, -0.2) is 9.78 Å². The zero-order valence-corrected chi connectivity index (χ0v) is 20.1. The summed E-state index contributed by atoms with van der Waals surface area (Å²) < 4.78 is 6.26. The van der Waals surface area contributed by atoms with E-state index in [0.717, 1.165) is 22.1 Å². The number of furan rings is 1. The number of hydrogen-bond acceptors (Lipinski definition) is 4. The molecule has 36 heavy (non-hydrogen) atoms. The highest BCUT2D eigenvalue weighted by atomic mass is 35.5. The molecule has 3 aromatic carbocycles. The molecule has 0 radical (unpaired) electrons. The van der Waals surface area contributed by atoms with Gasteiger partial charge in [-0.15, -0.1) is 0 Å². The van der Waals surface area contributed by atoms with E-state index < -0.39 is 6.03 Å².